The molecule has 0 saturated carbocycles. The number of rotatable bonds is 4. The molecule has 0 saturated heterocycles. The molecule has 1 heterocycles. The molecule has 120 valence electrons. The Morgan fingerprint density at radius 2 is 2.08 bits per heavy atom. The highest BCUT2D eigenvalue weighted by molar-refractivity contribution is 9.10. The fourth-order valence-corrected chi connectivity index (χ4v) is 3.85. The van der Waals surface area contributed by atoms with Crippen LogP contribution in [0.5, 0.6) is 0 Å². The Kier molecular flexibility index (Phi) is 4.88. The smallest absolute Gasteiger partial charge is 0.230 e. The molecule has 0 aliphatic heterocycles. The van der Waals surface area contributed by atoms with Gasteiger partial charge >= 0.3 is 0 Å². The molecule has 0 unspecified atom stereocenters. The minimum Gasteiger partial charge on any atom is -0.358 e. The van der Waals surface area contributed by atoms with Gasteiger partial charge in [0, 0.05) is 17.8 Å². The molecule has 0 bridgehead atoms. The fourth-order valence-electron chi connectivity index (χ4n) is 2.41. The van der Waals surface area contributed by atoms with Crippen LogP contribution >= 0.6 is 27.7 Å². The van der Waals surface area contributed by atoms with Crippen molar-refractivity contribution in [2.75, 3.05) is 12.8 Å². The first kappa shape index (κ1) is 16.6. The van der Waals surface area contributed by atoms with E-state index in [2.05, 4.69) is 32.3 Å². The number of hydrogen-bond donors (Lipinski definition) is 1. The molecule has 0 aliphatic rings. The van der Waals surface area contributed by atoms with Gasteiger partial charge in [-0.25, -0.2) is 4.98 Å². The molecule has 0 fully saturated rings. The molecule has 0 aliphatic carbocycles. The molecule has 1 N–H and O–H groups in total. The summed E-state index contributed by atoms with van der Waals surface area (Å²) in [4.78, 5) is 15.9. The molecular weight excluding hydrogens is 388 g/mol. The number of imidazole rings is 1. The molecule has 5 nitrogen and oxygen atoms in total. The van der Waals surface area contributed by atoms with Gasteiger partial charge in [0.25, 0.3) is 0 Å². The molecule has 24 heavy (non-hydrogen) atoms. The van der Waals surface area contributed by atoms with Crippen LogP contribution in [0.3, 0.4) is 0 Å². The van der Waals surface area contributed by atoms with Crippen LogP contribution in [-0.4, -0.2) is 28.3 Å². The van der Waals surface area contributed by atoms with Gasteiger partial charge in [0.2, 0.25) is 5.91 Å². The van der Waals surface area contributed by atoms with Crippen LogP contribution in [-0.2, 0) is 4.79 Å². The van der Waals surface area contributed by atoms with Crippen molar-refractivity contribution in [1.82, 2.24) is 14.9 Å². The Hall–Kier alpha value is -2.30. The lowest BCUT2D eigenvalue weighted by molar-refractivity contribution is -0.118. The van der Waals surface area contributed by atoms with E-state index in [1.807, 2.05) is 34.9 Å². The topological polar surface area (TPSA) is 70.7 Å². The fraction of sp³-hybridized carbons (Fsp3) is 0.118. The van der Waals surface area contributed by atoms with Crippen molar-refractivity contribution in [3.8, 4) is 11.8 Å². The molecule has 2 aromatic carbocycles. The number of aromatic nitrogens is 2. The Balaban J connectivity index is 2.14. The second-order valence-electron chi connectivity index (χ2n) is 4.95. The third-order valence-electron chi connectivity index (χ3n) is 3.56. The molecule has 3 rings (SSSR count). The number of halogens is 1. The normalized spacial score (nSPS) is 10.5. The summed E-state index contributed by atoms with van der Waals surface area (Å²) >= 11 is 4.88. The number of nitrogens with one attached hydrogen (secondary N) is 1. The highest BCUT2D eigenvalue weighted by atomic mass is 79.9. The predicted molar refractivity (Wildman–Crippen MR) is 98.3 cm³/mol. The lowest BCUT2D eigenvalue weighted by Gasteiger charge is -2.13. The van der Waals surface area contributed by atoms with E-state index >= 15 is 0 Å². The highest BCUT2D eigenvalue weighted by Crippen LogP contribution is 2.32. The summed E-state index contributed by atoms with van der Waals surface area (Å²) in [7, 11) is 1.61. The van der Waals surface area contributed by atoms with Crippen LogP contribution in [0.25, 0.3) is 16.5 Å². The summed E-state index contributed by atoms with van der Waals surface area (Å²) in [5.41, 5.74) is 1.54. The zero-order valence-corrected chi connectivity index (χ0v) is 15.2. The summed E-state index contributed by atoms with van der Waals surface area (Å²) in [6.07, 6.45) is 1.71. The van der Waals surface area contributed by atoms with Gasteiger partial charge in [-0.1, -0.05) is 36.0 Å². The molecule has 1 amide bonds. The number of nitrogens with zero attached hydrogens (tertiary/aromatic N) is 3. The van der Waals surface area contributed by atoms with Crippen LogP contribution in [0.15, 0.2) is 52.4 Å². The van der Waals surface area contributed by atoms with Crippen LogP contribution in [0.1, 0.15) is 5.56 Å². The molecule has 1 aromatic heterocycles. The average molecular weight is 401 g/mol. The van der Waals surface area contributed by atoms with Crippen LogP contribution in [0.2, 0.25) is 0 Å². The van der Waals surface area contributed by atoms with Crippen LogP contribution < -0.4 is 5.32 Å². The summed E-state index contributed by atoms with van der Waals surface area (Å²) in [6.45, 7) is 0. The Labute approximate surface area is 151 Å². The van der Waals surface area contributed by atoms with Crippen molar-refractivity contribution in [2.45, 2.75) is 5.16 Å². The van der Waals surface area contributed by atoms with Crippen molar-refractivity contribution >= 4 is 44.4 Å². The standard InChI is InChI=1S/C17H13BrN4OS/c1-20-16(23)10-24-17-21-9-15(18)22(17)14-7-6-11(8-19)12-4-2-3-5-13(12)14/h2-7,9H,10H2,1H3,(H,20,23). The van der Waals surface area contributed by atoms with E-state index in [9.17, 15) is 10.1 Å². The highest BCUT2D eigenvalue weighted by Gasteiger charge is 2.15. The summed E-state index contributed by atoms with van der Waals surface area (Å²) in [5.74, 6) is 0.226. The number of nitriles is 1. The van der Waals surface area contributed by atoms with E-state index < -0.39 is 0 Å². The zero-order chi connectivity index (χ0) is 17.1. The Morgan fingerprint density at radius 1 is 1.33 bits per heavy atom. The Bertz CT molecular complexity index is 961. The van der Waals surface area contributed by atoms with Gasteiger partial charge < -0.3 is 5.32 Å². The third kappa shape index (κ3) is 3.03. The third-order valence-corrected chi connectivity index (χ3v) is 5.07. The monoisotopic (exact) mass is 400 g/mol. The summed E-state index contributed by atoms with van der Waals surface area (Å²) < 4.78 is 2.73. The lowest BCUT2D eigenvalue weighted by atomic mass is 10.0. The van der Waals surface area contributed by atoms with Gasteiger partial charge in [0.1, 0.15) is 4.60 Å². The minimum atomic E-state index is -0.0599. The van der Waals surface area contributed by atoms with Crippen LogP contribution in [0, 0.1) is 11.3 Å². The second kappa shape index (κ2) is 7.07. The average Bonchev–Trinajstić information content (AvgIpc) is 2.99. The number of amides is 1. The SMILES string of the molecule is CNC(=O)CSc1ncc(Br)n1-c1ccc(C#N)c2ccccc12. The second-order valence-corrected chi connectivity index (χ2v) is 6.71. The molecular formula is C17H13BrN4OS. The maximum absolute atomic E-state index is 11.5. The van der Waals surface area contributed by atoms with E-state index in [1.165, 1.54) is 11.8 Å². The van der Waals surface area contributed by atoms with Gasteiger partial charge in [0.15, 0.2) is 5.16 Å². The number of thioether (sulfide) groups is 1. The van der Waals surface area contributed by atoms with Crippen molar-refractivity contribution in [3.05, 3.63) is 52.8 Å². The number of hydrogen-bond acceptors (Lipinski definition) is 4. The molecule has 3 aromatic rings. The van der Waals surface area contributed by atoms with E-state index in [4.69, 9.17) is 0 Å². The van der Waals surface area contributed by atoms with E-state index in [1.54, 1.807) is 19.3 Å². The first-order valence-corrected chi connectivity index (χ1v) is 8.92. The quantitative estimate of drug-likeness (QED) is 0.680. The van der Waals surface area contributed by atoms with Gasteiger partial charge in [-0.05, 0) is 28.1 Å². The molecule has 0 atom stereocenters. The van der Waals surface area contributed by atoms with E-state index in [-0.39, 0.29) is 11.7 Å². The Morgan fingerprint density at radius 3 is 2.79 bits per heavy atom. The van der Waals surface area contributed by atoms with Crippen molar-refractivity contribution in [3.63, 3.8) is 0 Å². The van der Waals surface area contributed by atoms with Gasteiger partial charge in [0.05, 0.1) is 29.3 Å². The maximum Gasteiger partial charge on any atom is 0.230 e. The van der Waals surface area contributed by atoms with Crippen molar-refractivity contribution < 1.29 is 4.79 Å². The minimum absolute atomic E-state index is 0.0599. The van der Waals surface area contributed by atoms with Gasteiger partial charge in [-0.2, -0.15) is 5.26 Å². The first-order valence-electron chi connectivity index (χ1n) is 7.14. The lowest BCUT2D eigenvalue weighted by Crippen LogP contribution is -2.20. The van der Waals surface area contributed by atoms with Gasteiger partial charge in [-0.3, -0.25) is 9.36 Å². The van der Waals surface area contributed by atoms with Gasteiger partial charge in [-0.15, -0.1) is 0 Å². The number of carbonyl (C=O) groups excluding carboxylic acids is 1. The van der Waals surface area contributed by atoms with Crippen molar-refractivity contribution in [1.29, 1.82) is 5.26 Å². The predicted octanol–water partition coefficient (Wildman–Crippen LogP) is 3.50. The largest absolute Gasteiger partial charge is 0.358 e. The van der Waals surface area contributed by atoms with E-state index in [0.717, 1.165) is 21.1 Å². The van der Waals surface area contributed by atoms with Crippen molar-refractivity contribution in [2.24, 2.45) is 0 Å². The summed E-state index contributed by atoms with van der Waals surface area (Å²) in [6, 6.07) is 13.7. The number of carbonyl (C=O) groups is 1. The molecule has 0 radical (unpaired) electrons. The summed E-state index contributed by atoms with van der Waals surface area (Å²) in [5, 5.41) is 14.5. The van der Waals surface area contributed by atoms with E-state index in [0.29, 0.717) is 10.7 Å². The number of benzene rings is 2. The zero-order valence-electron chi connectivity index (χ0n) is 12.8. The maximum atomic E-state index is 11.5. The first-order chi connectivity index (χ1) is 11.7. The molecule has 0 spiro atoms. The molecule has 7 heteroatoms. The van der Waals surface area contributed by atoms with Crippen LogP contribution in [0.4, 0.5) is 0 Å². The number of fused-ring (bicyclic) bond motifs is 1.